The molecule has 0 fully saturated rings. The maximum absolute atomic E-state index is 12.0. The van der Waals surface area contributed by atoms with Gasteiger partial charge in [-0.15, -0.1) is 0 Å². The second-order valence-electron chi connectivity index (χ2n) is 6.60. The van der Waals surface area contributed by atoms with E-state index in [-0.39, 0.29) is 6.04 Å². The molecule has 1 atom stereocenters. The molecule has 3 aromatic rings. The first-order valence-electron chi connectivity index (χ1n) is 8.81. The van der Waals surface area contributed by atoms with Gasteiger partial charge >= 0.3 is 0 Å². The number of aryl methyl sites for hydroxylation is 2. The lowest BCUT2D eigenvalue weighted by Gasteiger charge is -2.21. The molecule has 1 aromatic heterocycles. The van der Waals surface area contributed by atoms with Crippen LogP contribution in [0, 0.1) is 6.92 Å². The highest BCUT2D eigenvalue weighted by atomic mass is 32.2. The van der Waals surface area contributed by atoms with Crippen LogP contribution < -0.4 is 5.32 Å². The summed E-state index contributed by atoms with van der Waals surface area (Å²) in [6.07, 6.45) is 5.68. The minimum Gasteiger partial charge on any atom is -0.343 e. The van der Waals surface area contributed by atoms with E-state index < -0.39 is 9.84 Å². The zero-order valence-electron chi connectivity index (χ0n) is 15.7. The third-order valence-electron chi connectivity index (χ3n) is 4.40. The SMILES string of the molecule is CCc1ccc(C(Nc2ncc(C)cn2)c2cccc(S(C)(=O)=O)c2)cc1. The molecule has 3 rings (SSSR count). The van der Waals surface area contributed by atoms with Crippen LogP contribution in [-0.2, 0) is 16.3 Å². The van der Waals surface area contributed by atoms with Gasteiger partial charge in [-0.05, 0) is 47.7 Å². The van der Waals surface area contributed by atoms with Crippen LogP contribution in [0.4, 0.5) is 5.95 Å². The van der Waals surface area contributed by atoms with Crippen molar-refractivity contribution in [3.8, 4) is 0 Å². The molecule has 6 heteroatoms. The van der Waals surface area contributed by atoms with E-state index in [1.165, 1.54) is 11.8 Å². The Morgan fingerprint density at radius 1 is 1.00 bits per heavy atom. The summed E-state index contributed by atoms with van der Waals surface area (Å²) in [6, 6.07) is 15.0. The molecule has 0 amide bonds. The van der Waals surface area contributed by atoms with E-state index in [9.17, 15) is 8.42 Å². The third kappa shape index (κ3) is 4.71. The average molecular weight is 382 g/mol. The van der Waals surface area contributed by atoms with Crippen LogP contribution in [0.3, 0.4) is 0 Å². The van der Waals surface area contributed by atoms with E-state index in [2.05, 4.69) is 46.5 Å². The lowest BCUT2D eigenvalue weighted by atomic mass is 9.97. The summed E-state index contributed by atoms with van der Waals surface area (Å²) in [5.74, 6) is 0.495. The molecule has 1 heterocycles. The predicted octanol–water partition coefficient (Wildman–Crippen LogP) is 3.95. The fraction of sp³-hybridized carbons (Fsp3) is 0.238. The Morgan fingerprint density at radius 3 is 2.26 bits per heavy atom. The first kappa shape index (κ1) is 19.0. The van der Waals surface area contributed by atoms with Crippen LogP contribution in [0.25, 0.3) is 0 Å². The number of anilines is 1. The molecule has 0 spiro atoms. The van der Waals surface area contributed by atoms with E-state index in [1.807, 2.05) is 13.0 Å². The van der Waals surface area contributed by atoms with Crippen molar-refractivity contribution in [3.05, 3.63) is 83.2 Å². The number of rotatable bonds is 6. The maximum Gasteiger partial charge on any atom is 0.223 e. The summed E-state index contributed by atoms with van der Waals surface area (Å²) in [7, 11) is -3.29. The first-order valence-corrected chi connectivity index (χ1v) is 10.7. The summed E-state index contributed by atoms with van der Waals surface area (Å²) in [4.78, 5) is 8.96. The molecular weight excluding hydrogens is 358 g/mol. The van der Waals surface area contributed by atoms with Gasteiger partial charge in [0, 0.05) is 18.6 Å². The zero-order valence-corrected chi connectivity index (χ0v) is 16.5. The van der Waals surface area contributed by atoms with Crippen LogP contribution in [0.5, 0.6) is 0 Å². The Morgan fingerprint density at radius 2 is 1.67 bits per heavy atom. The molecule has 0 aliphatic heterocycles. The fourth-order valence-corrected chi connectivity index (χ4v) is 3.50. The summed E-state index contributed by atoms with van der Waals surface area (Å²) >= 11 is 0. The van der Waals surface area contributed by atoms with Gasteiger partial charge in [0.1, 0.15) is 0 Å². The molecule has 0 aliphatic carbocycles. The standard InChI is InChI=1S/C21H23N3O2S/c1-4-16-8-10-17(11-9-16)20(24-21-22-13-15(2)14-23-21)18-6-5-7-19(12-18)27(3,25)26/h5-14,20H,4H2,1-3H3,(H,22,23,24). The monoisotopic (exact) mass is 381 g/mol. The Labute approximate surface area is 160 Å². The Kier molecular flexibility index (Phi) is 5.56. The van der Waals surface area contributed by atoms with Crippen molar-refractivity contribution in [2.24, 2.45) is 0 Å². The molecule has 0 saturated heterocycles. The molecule has 140 valence electrons. The largest absolute Gasteiger partial charge is 0.343 e. The Bertz CT molecular complexity index is 1010. The van der Waals surface area contributed by atoms with E-state index in [0.29, 0.717) is 10.8 Å². The quantitative estimate of drug-likeness (QED) is 0.700. The Hall–Kier alpha value is -2.73. The lowest BCUT2D eigenvalue weighted by molar-refractivity contribution is 0.601. The zero-order chi connectivity index (χ0) is 19.4. The average Bonchev–Trinajstić information content (AvgIpc) is 2.67. The van der Waals surface area contributed by atoms with Gasteiger partial charge < -0.3 is 5.32 Å². The number of sulfone groups is 1. The van der Waals surface area contributed by atoms with Crippen molar-refractivity contribution >= 4 is 15.8 Å². The summed E-state index contributed by atoms with van der Waals surface area (Å²) in [5, 5.41) is 3.34. The smallest absolute Gasteiger partial charge is 0.223 e. The first-order chi connectivity index (χ1) is 12.9. The van der Waals surface area contributed by atoms with Gasteiger partial charge in [0.05, 0.1) is 10.9 Å². The van der Waals surface area contributed by atoms with Gasteiger partial charge in [-0.25, -0.2) is 18.4 Å². The number of aromatic nitrogens is 2. The predicted molar refractivity (Wildman–Crippen MR) is 108 cm³/mol. The second kappa shape index (κ2) is 7.88. The highest BCUT2D eigenvalue weighted by Crippen LogP contribution is 2.27. The molecule has 5 nitrogen and oxygen atoms in total. The van der Waals surface area contributed by atoms with Crippen molar-refractivity contribution in [1.29, 1.82) is 0 Å². The third-order valence-corrected chi connectivity index (χ3v) is 5.51. The number of benzene rings is 2. The molecule has 1 N–H and O–H groups in total. The molecule has 0 bridgehead atoms. The maximum atomic E-state index is 12.0. The van der Waals surface area contributed by atoms with Crippen LogP contribution in [0.2, 0.25) is 0 Å². The topological polar surface area (TPSA) is 72.0 Å². The van der Waals surface area contributed by atoms with Crippen LogP contribution >= 0.6 is 0 Å². The van der Waals surface area contributed by atoms with Gasteiger partial charge in [0.2, 0.25) is 5.95 Å². The van der Waals surface area contributed by atoms with Crippen molar-refractivity contribution < 1.29 is 8.42 Å². The molecule has 27 heavy (non-hydrogen) atoms. The minimum atomic E-state index is -3.29. The molecule has 2 aromatic carbocycles. The highest BCUT2D eigenvalue weighted by Gasteiger charge is 2.18. The second-order valence-corrected chi connectivity index (χ2v) is 8.62. The van der Waals surface area contributed by atoms with E-state index in [4.69, 9.17) is 0 Å². The van der Waals surface area contributed by atoms with Gasteiger partial charge in [-0.1, -0.05) is 43.3 Å². The molecule has 1 unspecified atom stereocenters. The summed E-state index contributed by atoms with van der Waals surface area (Å²) in [5.41, 5.74) is 4.07. The Balaban J connectivity index is 2.04. The molecule has 0 radical (unpaired) electrons. The van der Waals surface area contributed by atoms with Gasteiger partial charge in [0.25, 0.3) is 0 Å². The van der Waals surface area contributed by atoms with Gasteiger partial charge in [-0.3, -0.25) is 0 Å². The summed E-state index contributed by atoms with van der Waals surface area (Å²) in [6.45, 7) is 4.04. The minimum absolute atomic E-state index is 0.264. The van der Waals surface area contributed by atoms with Gasteiger partial charge in [0.15, 0.2) is 9.84 Å². The summed E-state index contributed by atoms with van der Waals surface area (Å²) < 4.78 is 24.0. The van der Waals surface area contributed by atoms with Gasteiger partial charge in [-0.2, -0.15) is 0 Å². The van der Waals surface area contributed by atoms with Crippen molar-refractivity contribution in [2.75, 3.05) is 11.6 Å². The van der Waals surface area contributed by atoms with Crippen molar-refractivity contribution in [3.63, 3.8) is 0 Å². The van der Waals surface area contributed by atoms with Crippen LogP contribution in [-0.4, -0.2) is 24.6 Å². The normalized spacial score (nSPS) is 12.6. The lowest BCUT2D eigenvalue weighted by Crippen LogP contribution is -2.15. The van der Waals surface area contributed by atoms with E-state index >= 15 is 0 Å². The van der Waals surface area contributed by atoms with Crippen molar-refractivity contribution in [1.82, 2.24) is 9.97 Å². The van der Waals surface area contributed by atoms with Crippen LogP contribution in [0.1, 0.15) is 35.2 Å². The molecule has 0 aliphatic rings. The van der Waals surface area contributed by atoms with Crippen LogP contribution in [0.15, 0.2) is 65.8 Å². The number of hydrogen-bond acceptors (Lipinski definition) is 5. The van der Waals surface area contributed by atoms with E-state index in [0.717, 1.165) is 23.1 Å². The van der Waals surface area contributed by atoms with Crippen molar-refractivity contribution in [2.45, 2.75) is 31.2 Å². The fourth-order valence-electron chi connectivity index (χ4n) is 2.83. The number of nitrogens with zero attached hydrogens (tertiary/aromatic N) is 2. The number of nitrogens with one attached hydrogen (secondary N) is 1. The van der Waals surface area contributed by atoms with E-state index in [1.54, 1.807) is 30.6 Å². The number of hydrogen-bond donors (Lipinski definition) is 1. The molecular formula is C21H23N3O2S. The molecule has 0 saturated carbocycles. The highest BCUT2D eigenvalue weighted by molar-refractivity contribution is 7.90.